The van der Waals surface area contributed by atoms with Gasteiger partial charge in [0.15, 0.2) is 11.5 Å². The number of methoxy groups -OCH3 is 1. The van der Waals surface area contributed by atoms with Crippen molar-refractivity contribution in [1.82, 2.24) is 0 Å². The highest BCUT2D eigenvalue weighted by Gasteiger charge is 2.11. The number of halogens is 2. The van der Waals surface area contributed by atoms with E-state index in [9.17, 15) is 4.79 Å². The Morgan fingerprint density at radius 3 is 2.68 bits per heavy atom. The van der Waals surface area contributed by atoms with Crippen molar-refractivity contribution < 1.29 is 19.0 Å². The zero-order chi connectivity index (χ0) is 18.2. The van der Waals surface area contributed by atoms with Crippen LogP contribution in [0.1, 0.15) is 18.1 Å². The van der Waals surface area contributed by atoms with Gasteiger partial charge >= 0.3 is 5.97 Å². The highest BCUT2D eigenvalue weighted by molar-refractivity contribution is 9.10. The summed E-state index contributed by atoms with van der Waals surface area (Å²) in [5.74, 6) is 0.802. The van der Waals surface area contributed by atoms with Crippen molar-refractivity contribution in [3.8, 4) is 11.5 Å². The van der Waals surface area contributed by atoms with Crippen molar-refractivity contribution in [2.24, 2.45) is 0 Å². The number of hydrogen-bond acceptors (Lipinski definition) is 4. The summed E-state index contributed by atoms with van der Waals surface area (Å²) >= 11 is 6.95. The molecule has 0 heterocycles. The van der Waals surface area contributed by atoms with Gasteiger partial charge in [-0.1, -0.05) is 28.1 Å². The Bertz CT molecular complexity index is 772. The van der Waals surface area contributed by atoms with Crippen LogP contribution in [0.2, 0.25) is 0 Å². The number of carbonyl (C=O) groups is 1. The van der Waals surface area contributed by atoms with E-state index in [0.717, 1.165) is 20.1 Å². The van der Waals surface area contributed by atoms with Gasteiger partial charge in [0.1, 0.15) is 6.61 Å². The van der Waals surface area contributed by atoms with Gasteiger partial charge in [-0.15, -0.1) is 0 Å². The second-order valence-corrected chi connectivity index (χ2v) is 6.81. The van der Waals surface area contributed by atoms with Crippen molar-refractivity contribution in [3.05, 3.63) is 62.5 Å². The number of esters is 1. The first-order valence-electron chi connectivity index (χ1n) is 7.63. The van der Waals surface area contributed by atoms with Crippen LogP contribution in [0.25, 0.3) is 6.08 Å². The van der Waals surface area contributed by atoms with Crippen LogP contribution in [0.4, 0.5) is 0 Å². The minimum absolute atomic E-state index is 0.346. The molecule has 25 heavy (non-hydrogen) atoms. The lowest BCUT2D eigenvalue weighted by Crippen LogP contribution is -2.00. The molecule has 0 aliphatic carbocycles. The molecule has 0 aliphatic heterocycles. The number of hydrogen-bond donors (Lipinski definition) is 0. The highest BCUT2D eigenvalue weighted by Crippen LogP contribution is 2.37. The van der Waals surface area contributed by atoms with Crippen LogP contribution in [-0.2, 0) is 16.1 Å². The van der Waals surface area contributed by atoms with Crippen molar-refractivity contribution in [2.75, 3.05) is 13.7 Å². The van der Waals surface area contributed by atoms with Crippen molar-refractivity contribution in [1.29, 1.82) is 0 Å². The summed E-state index contributed by atoms with van der Waals surface area (Å²) < 4.78 is 17.9. The Labute approximate surface area is 164 Å². The summed E-state index contributed by atoms with van der Waals surface area (Å²) in [5.41, 5.74) is 1.83. The first-order valence-corrected chi connectivity index (χ1v) is 9.21. The summed E-state index contributed by atoms with van der Waals surface area (Å²) in [6.07, 6.45) is 3.05. The summed E-state index contributed by atoms with van der Waals surface area (Å²) in [6.45, 7) is 2.52. The van der Waals surface area contributed by atoms with Gasteiger partial charge in [0.25, 0.3) is 0 Å². The largest absolute Gasteiger partial charge is 0.493 e. The van der Waals surface area contributed by atoms with Gasteiger partial charge in [-0.2, -0.15) is 0 Å². The molecule has 0 amide bonds. The SMILES string of the molecule is CCOC(=O)/C=C/c1cc(Br)c(OCc2cccc(Br)c2)c(OC)c1. The molecule has 0 spiro atoms. The molecule has 6 heteroatoms. The lowest BCUT2D eigenvalue weighted by atomic mass is 10.2. The maximum atomic E-state index is 11.4. The fourth-order valence-electron chi connectivity index (χ4n) is 2.11. The average Bonchev–Trinajstić information content (AvgIpc) is 2.59. The lowest BCUT2D eigenvalue weighted by molar-refractivity contribution is -0.137. The molecule has 0 atom stereocenters. The summed E-state index contributed by atoms with van der Waals surface area (Å²) in [4.78, 5) is 11.4. The molecule has 0 aromatic heterocycles. The minimum Gasteiger partial charge on any atom is -0.493 e. The van der Waals surface area contributed by atoms with Crippen LogP contribution in [-0.4, -0.2) is 19.7 Å². The average molecular weight is 470 g/mol. The van der Waals surface area contributed by atoms with Crippen molar-refractivity contribution in [3.63, 3.8) is 0 Å². The first kappa shape index (κ1) is 19.5. The van der Waals surface area contributed by atoms with E-state index < -0.39 is 0 Å². The zero-order valence-electron chi connectivity index (χ0n) is 13.9. The molecule has 0 saturated carbocycles. The minimum atomic E-state index is -0.382. The Balaban J connectivity index is 2.17. The van der Waals surface area contributed by atoms with Crippen LogP contribution in [0.15, 0.2) is 51.4 Å². The van der Waals surface area contributed by atoms with Crippen LogP contribution >= 0.6 is 31.9 Å². The first-order chi connectivity index (χ1) is 12.0. The van der Waals surface area contributed by atoms with Crippen molar-refractivity contribution in [2.45, 2.75) is 13.5 Å². The molecular weight excluding hydrogens is 452 g/mol. The highest BCUT2D eigenvalue weighted by atomic mass is 79.9. The summed E-state index contributed by atoms with van der Waals surface area (Å²) in [7, 11) is 1.58. The molecular formula is C19H18Br2O4. The Morgan fingerprint density at radius 1 is 1.20 bits per heavy atom. The van der Waals surface area contributed by atoms with Crippen LogP contribution in [0, 0.1) is 0 Å². The number of rotatable bonds is 7. The van der Waals surface area contributed by atoms with E-state index in [1.165, 1.54) is 6.08 Å². The van der Waals surface area contributed by atoms with Gasteiger partial charge in [-0.05, 0) is 64.3 Å². The number of carbonyl (C=O) groups excluding carboxylic acids is 1. The third-order valence-electron chi connectivity index (χ3n) is 3.22. The molecule has 0 unspecified atom stereocenters. The maximum Gasteiger partial charge on any atom is 0.330 e. The van der Waals surface area contributed by atoms with E-state index in [1.807, 2.05) is 30.3 Å². The van der Waals surface area contributed by atoms with E-state index in [1.54, 1.807) is 26.2 Å². The summed E-state index contributed by atoms with van der Waals surface area (Å²) in [5, 5.41) is 0. The van der Waals surface area contributed by atoms with E-state index >= 15 is 0 Å². The predicted molar refractivity (Wildman–Crippen MR) is 105 cm³/mol. The quantitative estimate of drug-likeness (QED) is 0.403. The fraction of sp³-hybridized carbons (Fsp3) is 0.211. The van der Waals surface area contributed by atoms with Gasteiger partial charge in [0.2, 0.25) is 0 Å². The molecule has 4 nitrogen and oxygen atoms in total. The molecule has 0 saturated heterocycles. The van der Waals surface area contributed by atoms with Gasteiger partial charge in [-0.25, -0.2) is 4.79 Å². The zero-order valence-corrected chi connectivity index (χ0v) is 17.1. The molecule has 0 aliphatic rings. The fourth-order valence-corrected chi connectivity index (χ4v) is 3.13. The number of ether oxygens (including phenoxy) is 3. The van der Waals surface area contributed by atoms with Crippen LogP contribution in [0.3, 0.4) is 0 Å². The summed E-state index contributed by atoms with van der Waals surface area (Å²) in [6, 6.07) is 11.6. The molecule has 2 rings (SSSR count). The van der Waals surface area contributed by atoms with Gasteiger partial charge < -0.3 is 14.2 Å². The molecule has 0 radical (unpaired) electrons. The Hall–Kier alpha value is -1.79. The Kier molecular flexibility index (Phi) is 7.52. The third-order valence-corrected chi connectivity index (χ3v) is 4.30. The molecule has 132 valence electrons. The normalized spacial score (nSPS) is 10.7. The van der Waals surface area contributed by atoms with E-state index in [4.69, 9.17) is 14.2 Å². The van der Waals surface area contributed by atoms with E-state index in [2.05, 4.69) is 31.9 Å². The van der Waals surface area contributed by atoms with Crippen LogP contribution < -0.4 is 9.47 Å². The second kappa shape index (κ2) is 9.63. The van der Waals surface area contributed by atoms with E-state index in [0.29, 0.717) is 24.7 Å². The third kappa shape index (κ3) is 5.90. The molecule has 0 fully saturated rings. The standard InChI is InChI=1S/C19H18Br2O4/c1-3-24-18(22)8-7-13-10-16(21)19(17(11-13)23-2)25-12-14-5-4-6-15(20)9-14/h4-11H,3,12H2,1-2H3/b8-7+. The van der Waals surface area contributed by atoms with Gasteiger partial charge in [-0.3, -0.25) is 0 Å². The van der Waals surface area contributed by atoms with Crippen LogP contribution in [0.5, 0.6) is 11.5 Å². The van der Waals surface area contributed by atoms with Crippen molar-refractivity contribution >= 4 is 43.9 Å². The molecule has 0 bridgehead atoms. The Morgan fingerprint density at radius 2 is 2.00 bits per heavy atom. The molecule has 2 aromatic rings. The van der Waals surface area contributed by atoms with Gasteiger partial charge in [0, 0.05) is 10.5 Å². The molecule has 2 aromatic carbocycles. The monoisotopic (exact) mass is 468 g/mol. The smallest absolute Gasteiger partial charge is 0.330 e. The molecule has 0 N–H and O–H groups in total. The predicted octanol–water partition coefficient (Wildman–Crippen LogP) is 5.38. The number of benzene rings is 2. The lowest BCUT2D eigenvalue weighted by Gasteiger charge is -2.14. The van der Waals surface area contributed by atoms with Gasteiger partial charge in [0.05, 0.1) is 18.2 Å². The van der Waals surface area contributed by atoms with E-state index in [-0.39, 0.29) is 5.97 Å². The maximum absolute atomic E-state index is 11.4. The second-order valence-electron chi connectivity index (χ2n) is 5.04. The topological polar surface area (TPSA) is 44.8 Å².